The molecule has 1 amide bonds. The van der Waals surface area contributed by atoms with Crippen molar-refractivity contribution in [3.8, 4) is 0 Å². The zero-order chi connectivity index (χ0) is 20.9. The zero-order valence-electron chi connectivity index (χ0n) is 15.1. The SMILES string of the molecule is O=C(Nc1ncc(F)s1)C(=NO[C@@H]1CCOC1)c1ccc(S(=O)(=O)CCO)cc1. The summed E-state index contributed by atoms with van der Waals surface area (Å²) in [5.41, 5.74) is 0.167. The molecule has 1 aliphatic heterocycles. The maximum atomic E-state index is 13.1. The van der Waals surface area contributed by atoms with E-state index in [1.807, 2.05) is 0 Å². The molecule has 1 aromatic carbocycles. The van der Waals surface area contributed by atoms with Gasteiger partial charge in [-0.1, -0.05) is 28.6 Å². The van der Waals surface area contributed by atoms with Crippen molar-refractivity contribution in [2.24, 2.45) is 5.16 Å². The Hall–Kier alpha value is -2.41. The van der Waals surface area contributed by atoms with Crippen LogP contribution < -0.4 is 5.32 Å². The number of carbonyl (C=O) groups is 1. The van der Waals surface area contributed by atoms with Gasteiger partial charge in [0.1, 0.15) is 0 Å². The van der Waals surface area contributed by atoms with Crippen molar-refractivity contribution >= 4 is 37.9 Å². The summed E-state index contributed by atoms with van der Waals surface area (Å²) in [6.07, 6.45) is 1.29. The molecule has 0 spiro atoms. The smallest absolute Gasteiger partial charge is 0.280 e. The highest BCUT2D eigenvalue weighted by molar-refractivity contribution is 7.91. The van der Waals surface area contributed by atoms with Crippen LogP contribution in [-0.4, -0.2) is 61.8 Å². The largest absolute Gasteiger partial charge is 0.395 e. The van der Waals surface area contributed by atoms with Crippen LogP contribution in [0.2, 0.25) is 0 Å². The first-order chi connectivity index (χ1) is 13.9. The summed E-state index contributed by atoms with van der Waals surface area (Å²) in [5, 5.41) is 14.7. The normalized spacial score (nSPS) is 17.3. The molecule has 0 aliphatic carbocycles. The lowest BCUT2D eigenvalue weighted by Gasteiger charge is -2.10. The Bertz CT molecular complexity index is 985. The fraction of sp³-hybridized carbons (Fsp3) is 0.353. The van der Waals surface area contributed by atoms with E-state index in [0.717, 1.165) is 6.20 Å². The molecule has 1 aliphatic rings. The summed E-state index contributed by atoms with van der Waals surface area (Å²) in [6.45, 7) is 0.368. The van der Waals surface area contributed by atoms with E-state index in [-0.39, 0.29) is 21.8 Å². The molecule has 0 unspecified atom stereocenters. The monoisotopic (exact) mass is 443 g/mol. The molecule has 1 atom stereocenters. The topological polar surface area (TPSA) is 127 Å². The number of nitrogens with zero attached hydrogens (tertiary/aromatic N) is 2. The highest BCUT2D eigenvalue weighted by atomic mass is 32.2. The summed E-state index contributed by atoms with van der Waals surface area (Å²) in [4.78, 5) is 21.8. The van der Waals surface area contributed by atoms with Gasteiger partial charge in [0.2, 0.25) is 0 Å². The molecule has 0 radical (unpaired) electrons. The number of halogens is 1. The van der Waals surface area contributed by atoms with Crippen LogP contribution in [0.15, 0.2) is 40.5 Å². The maximum absolute atomic E-state index is 13.1. The molecule has 0 saturated carbocycles. The summed E-state index contributed by atoms with van der Waals surface area (Å²) in [5.74, 6) is -1.10. The van der Waals surface area contributed by atoms with Crippen molar-refractivity contribution in [3.63, 3.8) is 0 Å². The van der Waals surface area contributed by atoms with E-state index in [4.69, 9.17) is 14.7 Å². The highest BCUT2D eigenvalue weighted by Gasteiger charge is 2.22. The number of rotatable bonds is 8. The molecule has 2 heterocycles. The second-order valence-corrected chi connectivity index (χ2v) is 9.11. The van der Waals surface area contributed by atoms with E-state index in [2.05, 4.69) is 15.5 Å². The van der Waals surface area contributed by atoms with Crippen molar-refractivity contribution in [1.29, 1.82) is 0 Å². The zero-order valence-corrected chi connectivity index (χ0v) is 16.7. The average molecular weight is 443 g/mol. The van der Waals surface area contributed by atoms with Gasteiger partial charge < -0.3 is 14.7 Å². The minimum atomic E-state index is -3.63. The molecule has 9 nitrogen and oxygen atoms in total. The molecule has 156 valence electrons. The standard InChI is InChI=1S/C17H18FN3O6S2/c18-14-9-19-17(28-14)20-16(23)15(21-27-12-5-7-26-10-12)11-1-3-13(4-2-11)29(24,25)8-6-22/h1-4,9,12,22H,5-8,10H2,(H,19,20,23)/t12-/m1/s1. The Balaban J connectivity index is 1.85. The van der Waals surface area contributed by atoms with Gasteiger partial charge in [-0.3, -0.25) is 10.1 Å². The lowest BCUT2D eigenvalue weighted by molar-refractivity contribution is -0.110. The number of sulfone groups is 1. The first kappa shape index (κ1) is 21.3. The number of carbonyl (C=O) groups excluding carboxylic acids is 1. The van der Waals surface area contributed by atoms with E-state index in [0.29, 0.717) is 36.5 Å². The van der Waals surface area contributed by atoms with Gasteiger partial charge in [0, 0.05) is 12.0 Å². The molecule has 2 aromatic rings. The molecule has 3 rings (SSSR count). The van der Waals surface area contributed by atoms with Crippen molar-refractivity contribution in [2.45, 2.75) is 17.4 Å². The molecule has 1 aromatic heterocycles. The second-order valence-electron chi connectivity index (χ2n) is 6.02. The Morgan fingerprint density at radius 1 is 1.41 bits per heavy atom. The van der Waals surface area contributed by atoms with Gasteiger partial charge in [0.05, 0.1) is 36.7 Å². The minimum absolute atomic E-state index is 0.00200. The quantitative estimate of drug-likeness (QED) is 0.463. The second kappa shape index (κ2) is 9.39. The molecule has 1 fully saturated rings. The number of thiazole rings is 1. The van der Waals surface area contributed by atoms with Gasteiger partial charge in [-0.05, 0) is 12.1 Å². The fourth-order valence-corrected chi connectivity index (χ4v) is 4.04. The van der Waals surface area contributed by atoms with Crippen LogP contribution in [-0.2, 0) is 24.2 Å². The number of oxime groups is 1. The van der Waals surface area contributed by atoms with E-state index in [9.17, 15) is 17.6 Å². The molecule has 12 heteroatoms. The van der Waals surface area contributed by atoms with Crippen molar-refractivity contribution in [1.82, 2.24) is 4.98 Å². The number of hydrogen-bond acceptors (Lipinski definition) is 9. The van der Waals surface area contributed by atoms with Crippen LogP contribution in [0.4, 0.5) is 9.52 Å². The van der Waals surface area contributed by atoms with Gasteiger partial charge >= 0.3 is 0 Å². The van der Waals surface area contributed by atoms with Gasteiger partial charge in [-0.2, -0.15) is 4.39 Å². The Morgan fingerprint density at radius 2 is 2.17 bits per heavy atom. The van der Waals surface area contributed by atoms with Gasteiger partial charge in [-0.15, -0.1) is 0 Å². The van der Waals surface area contributed by atoms with Crippen LogP contribution in [0.3, 0.4) is 0 Å². The maximum Gasteiger partial charge on any atom is 0.280 e. The Kier molecular flexibility index (Phi) is 6.90. The summed E-state index contributed by atoms with van der Waals surface area (Å²) < 4.78 is 42.4. The van der Waals surface area contributed by atoms with Crippen LogP contribution >= 0.6 is 11.3 Å². The van der Waals surface area contributed by atoms with E-state index in [1.54, 1.807) is 0 Å². The van der Waals surface area contributed by atoms with Crippen molar-refractivity contribution in [3.05, 3.63) is 41.2 Å². The fourth-order valence-electron chi connectivity index (χ4n) is 2.48. The van der Waals surface area contributed by atoms with Gasteiger partial charge in [0.15, 0.2) is 31.9 Å². The number of hydrogen-bond donors (Lipinski definition) is 2. The van der Waals surface area contributed by atoms with Crippen molar-refractivity contribution in [2.75, 3.05) is 30.9 Å². The third-order valence-corrected chi connectivity index (χ3v) is 6.35. The summed E-state index contributed by atoms with van der Waals surface area (Å²) in [7, 11) is -3.63. The first-order valence-electron chi connectivity index (χ1n) is 8.57. The number of amides is 1. The third-order valence-electron chi connectivity index (χ3n) is 3.94. The minimum Gasteiger partial charge on any atom is -0.395 e. The third kappa shape index (κ3) is 5.56. The molecule has 1 saturated heterocycles. The number of aliphatic hydroxyl groups excluding tert-OH is 1. The van der Waals surface area contributed by atoms with Gasteiger partial charge in [0.25, 0.3) is 5.91 Å². The summed E-state index contributed by atoms with van der Waals surface area (Å²) in [6, 6.07) is 5.43. The number of anilines is 1. The van der Waals surface area contributed by atoms with E-state index >= 15 is 0 Å². The first-order valence-corrected chi connectivity index (χ1v) is 11.0. The Labute approximate surface area is 170 Å². The molecule has 29 heavy (non-hydrogen) atoms. The Morgan fingerprint density at radius 3 is 2.76 bits per heavy atom. The predicted molar refractivity (Wildman–Crippen MR) is 103 cm³/mol. The predicted octanol–water partition coefficient (Wildman–Crippen LogP) is 1.20. The molecular weight excluding hydrogens is 425 g/mol. The van der Waals surface area contributed by atoms with Crippen molar-refractivity contribution < 1.29 is 32.3 Å². The summed E-state index contributed by atoms with van der Waals surface area (Å²) >= 11 is 0.655. The van der Waals surface area contributed by atoms with Crippen LogP contribution in [0.25, 0.3) is 0 Å². The molecule has 0 bridgehead atoms. The van der Waals surface area contributed by atoms with E-state index < -0.39 is 33.2 Å². The molecule has 2 N–H and O–H groups in total. The highest BCUT2D eigenvalue weighted by Crippen LogP contribution is 2.18. The number of ether oxygens (including phenoxy) is 1. The van der Waals surface area contributed by atoms with Crippen LogP contribution in [0.5, 0.6) is 0 Å². The lowest BCUT2D eigenvalue weighted by Crippen LogP contribution is -2.25. The van der Waals surface area contributed by atoms with Gasteiger partial charge in [-0.25, -0.2) is 13.4 Å². The van der Waals surface area contributed by atoms with Crippen LogP contribution in [0, 0.1) is 5.13 Å². The van der Waals surface area contributed by atoms with Crippen LogP contribution in [0.1, 0.15) is 12.0 Å². The van der Waals surface area contributed by atoms with E-state index in [1.165, 1.54) is 24.3 Å². The number of aliphatic hydroxyl groups is 1. The molecular formula is C17H18FN3O6S2. The number of aromatic nitrogens is 1. The average Bonchev–Trinajstić information content (AvgIpc) is 3.34. The number of benzene rings is 1. The lowest BCUT2D eigenvalue weighted by atomic mass is 10.1. The number of nitrogens with one attached hydrogen (secondary N) is 1.